The first kappa shape index (κ1) is 12.5. The van der Waals surface area contributed by atoms with E-state index in [2.05, 4.69) is 65.2 Å². The standard InChI is InChI=1S/C15H17N3S/c1-4-15(2)12-8-6-5-7-11(12)9-10-18-13(15)16-17-14(18)19-3/h5-10H,4H2,1-3H3. The van der Waals surface area contributed by atoms with Crippen LogP contribution in [0.4, 0.5) is 0 Å². The molecule has 1 aromatic heterocycles. The van der Waals surface area contributed by atoms with Gasteiger partial charge in [0.2, 0.25) is 0 Å². The maximum absolute atomic E-state index is 4.45. The third-order valence-corrected chi connectivity index (χ3v) is 4.65. The third-order valence-electron chi connectivity index (χ3n) is 4.01. The second kappa shape index (κ2) is 4.53. The molecule has 0 fully saturated rings. The molecule has 3 rings (SSSR count). The molecule has 2 aromatic rings. The highest BCUT2D eigenvalue weighted by molar-refractivity contribution is 7.98. The summed E-state index contributed by atoms with van der Waals surface area (Å²) in [6.07, 6.45) is 7.27. The van der Waals surface area contributed by atoms with E-state index in [9.17, 15) is 0 Å². The van der Waals surface area contributed by atoms with E-state index in [1.54, 1.807) is 11.8 Å². The zero-order chi connectivity index (χ0) is 13.5. The Morgan fingerprint density at radius 1 is 1.26 bits per heavy atom. The first-order valence-electron chi connectivity index (χ1n) is 6.48. The fourth-order valence-electron chi connectivity index (χ4n) is 2.70. The largest absolute Gasteiger partial charge is 0.280 e. The van der Waals surface area contributed by atoms with Crippen LogP contribution in [0, 0.1) is 0 Å². The quantitative estimate of drug-likeness (QED) is 0.781. The molecule has 98 valence electrons. The lowest BCUT2D eigenvalue weighted by Crippen LogP contribution is -2.26. The summed E-state index contributed by atoms with van der Waals surface area (Å²) in [7, 11) is 0. The Hall–Kier alpha value is -1.55. The van der Waals surface area contributed by atoms with Crippen molar-refractivity contribution < 1.29 is 0 Å². The summed E-state index contributed by atoms with van der Waals surface area (Å²) in [6, 6.07) is 8.55. The Morgan fingerprint density at radius 3 is 2.79 bits per heavy atom. The van der Waals surface area contributed by atoms with Gasteiger partial charge in [0.1, 0.15) is 5.82 Å². The lowest BCUT2D eigenvalue weighted by Gasteiger charge is -2.28. The molecule has 0 N–H and O–H groups in total. The first-order chi connectivity index (χ1) is 9.20. The van der Waals surface area contributed by atoms with Gasteiger partial charge in [0.15, 0.2) is 5.16 Å². The Kier molecular flexibility index (Phi) is 2.97. The van der Waals surface area contributed by atoms with Crippen LogP contribution < -0.4 is 0 Å². The van der Waals surface area contributed by atoms with Crippen molar-refractivity contribution in [2.24, 2.45) is 0 Å². The van der Waals surface area contributed by atoms with E-state index in [-0.39, 0.29) is 5.41 Å². The Bertz CT molecular complexity index is 645. The minimum atomic E-state index is -0.0962. The molecule has 0 aliphatic carbocycles. The molecule has 1 aromatic carbocycles. The minimum absolute atomic E-state index is 0.0962. The molecule has 0 saturated heterocycles. The highest BCUT2D eigenvalue weighted by Crippen LogP contribution is 2.39. The predicted octanol–water partition coefficient (Wildman–Crippen LogP) is 3.66. The van der Waals surface area contributed by atoms with Crippen LogP contribution in [-0.4, -0.2) is 21.0 Å². The first-order valence-corrected chi connectivity index (χ1v) is 7.70. The van der Waals surface area contributed by atoms with E-state index < -0.39 is 0 Å². The normalized spacial score (nSPS) is 20.8. The number of hydrogen-bond acceptors (Lipinski definition) is 3. The monoisotopic (exact) mass is 271 g/mol. The lowest BCUT2D eigenvalue weighted by atomic mass is 9.77. The van der Waals surface area contributed by atoms with Crippen LogP contribution in [0.1, 0.15) is 37.2 Å². The highest BCUT2D eigenvalue weighted by atomic mass is 32.2. The average Bonchev–Trinajstić information content (AvgIpc) is 2.83. The molecule has 1 unspecified atom stereocenters. The number of hydrogen-bond donors (Lipinski definition) is 0. The summed E-state index contributed by atoms with van der Waals surface area (Å²) < 4.78 is 2.12. The summed E-state index contributed by atoms with van der Waals surface area (Å²) in [5.74, 6) is 1.03. The van der Waals surface area contributed by atoms with Crippen molar-refractivity contribution in [3.05, 3.63) is 41.2 Å². The smallest absolute Gasteiger partial charge is 0.195 e. The number of rotatable bonds is 2. The van der Waals surface area contributed by atoms with Gasteiger partial charge in [-0.2, -0.15) is 0 Å². The van der Waals surface area contributed by atoms with E-state index in [0.29, 0.717) is 0 Å². The van der Waals surface area contributed by atoms with E-state index in [0.717, 1.165) is 17.4 Å². The van der Waals surface area contributed by atoms with E-state index in [1.807, 2.05) is 6.26 Å². The van der Waals surface area contributed by atoms with Gasteiger partial charge in [-0.15, -0.1) is 10.2 Å². The van der Waals surface area contributed by atoms with Crippen molar-refractivity contribution in [3.63, 3.8) is 0 Å². The second-order valence-corrected chi connectivity index (χ2v) is 5.74. The molecule has 1 aliphatic heterocycles. The van der Waals surface area contributed by atoms with Crippen molar-refractivity contribution in [1.82, 2.24) is 14.8 Å². The molecule has 0 saturated carbocycles. The molecule has 0 amide bonds. The van der Waals surface area contributed by atoms with Gasteiger partial charge in [-0.3, -0.25) is 4.57 Å². The van der Waals surface area contributed by atoms with Crippen LogP contribution in [0.3, 0.4) is 0 Å². The second-order valence-electron chi connectivity index (χ2n) is 4.97. The molecular weight excluding hydrogens is 254 g/mol. The van der Waals surface area contributed by atoms with Gasteiger partial charge in [0, 0.05) is 6.20 Å². The lowest BCUT2D eigenvalue weighted by molar-refractivity contribution is 0.505. The Labute approximate surface area is 117 Å². The van der Waals surface area contributed by atoms with Gasteiger partial charge < -0.3 is 0 Å². The number of nitrogens with zero attached hydrogens (tertiary/aromatic N) is 3. The van der Waals surface area contributed by atoms with Crippen LogP contribution in [0.25, 0.3) is 12.3 Å². The van der Waals surface area contributed by atoms with Gasteiger partial charge in [-0.05, 0) is 36.8 Å². The van der Waals surface area contributed by atoms with Crippen LogP contribution in [0.15, 0.2) is 29.4 Å². The van der Waals surface area contributed by atoms with Crippen molar-refractivity contribution in [2.45, 2.75) is 30.8 Å². The highest BCUT2D eigenvalue weighted by Gasteiger charge is 2.35. The average molecular weight is 271 g/mol. The fourth-order valence-corrected chi connectivity index (χ4v) is 3.16. The molecule has 19 heavy (non-hydrogen) atoms. The topological polar surface area (TPSA) is 30.7 Å². The number of aromatic nitrogens is 3. The molecule has 1 atom stereocenters. The summed E-state index contributed by atoms with van der Waals surface area (Å²) in [4.78, 5) is 0. The Morgan fingerprint density at radius 2 is 2.05 bits per heavy atom. The summed E-state index contributed by atoms with van der Waals surface area (Å²) in [5.41, 5.74) is 2.50. The maximum Gasteiger partial charge on any atom is 0.195 e. The molecule has 1 aliphatic rings. The van der Waals surface area contributed by atoms with E-state index in [1.165, 1.54) is 11.1 Å². The molecular formula is C15H17N3S. The molecule has 0 radical (unpaired) electrons. The fraction of sp³-hybridized carbons (Fsp3) is 0.333. The molecule has 0 bridgehead atoms. The molecule has 4 heteroatoms. The van der Waals surface area contributed by atoms with Gasteiger partial charge >= 0.3 is 0 Å². The number of fused-ring (bicyclic) bond motifs is 2. The van der Waals surface area contributed by atoms with Gasteiger partial charge in [0.25, 0.3) is 0 Å². The van der Waals surface area contributed by atoms with Crippen molar-refractivity contribution in [3.8, 4) is 0 Å². The van der Waals surface area contributed by atoms with Crippen LogP contribution in [0.2, 0.25) is 0 Å². The minimum Gasteiger partial charge on any atom is -0.280 e. The van der Waals surface area contributed by atoms with E-state index in [4.69, 9.17) is 0 Å². The van der Waals surface area contributed by atoms with Gasteiger partial charge in [0.05, 0.1) is 5.41 Å². The zero-order valence-electron chi connectivity index (χ0n) is 11.4. The van der Waals surface area contributed by atoms with Crippen molar-refractivity contribution in [2.75, 3.05) is 6.26 Å². The van der Waals surface area contributed by atoms with Crippen LogP contribution in [-0.2, 0) is 5.41 Å². The zero-order valence-corrected chi connectivity index (χ0v) is 12.2. The molecule has 0 spiro atoms. The maximum atomic E-state index is 4.45. The van der Waals surface area contributed by atoms with Crippen molar-refractivity contribution in [1.29, 1.82) is 0 Å². The third kappa shape index (κ3) is 1.74. The Balaban J connectivity index is 2.31. The van der Waals surface area contributed by atoms with Crippen molar-refractivity contribution >= 4 is 24.0 Å². The SMILES string of the molecule is CCC1(C)c2ccccc2C=Cn2c(SC)nnc21. The summed E-state index contributed by atoms with van der Waals surface area (Å²) >= 11 is 1.63. The summed E-state index contributed by atoms with van der Waals surface area (Å²) in [5, 5.41) is 9.69. The molecule has 2 heterocycles. The number of thioether (sulfide) groups is 1. The van der Waals surface area contributed by atoms with Crippen LogP contribution in [0.5, 0.6) is 0 Å². The van der Waals surface area contributed by atoms with Crippen LogP contribution >= 0.6 is 11.8 Å². The van der Waals surface area contributed by atoms with Gasteiger partial charge in [-0.25, -0.2) is 0 Å². The summed E-state index contributed by atoms with van der Waals surface area (Å²) in [6.45, 7) is 4.46. The number of benzene rings is 1. The van der Waals surface area contributed by atoms with E-state index >= 15 is 0 Å². The van der Waals surface area contributed by atoms with Gasteiger partial charge in [-0.1, -0.05) is 43.0 Å². The predicted molar refractivity (Wildman–Crippen MR) is 80.2 cm³/mol. The molecule has 3 nitrogen and oxygen atoms in total.